The fourth-order valence-corrected chi connectivity index (χ4v) is 1.27. The molecular formula is C16H20O. The molecule has 1 nitrogen and oxygen atoms in total. The van der Waals surface area contributed by atoms with Crippen LogP contribution in [-0.2, 0) is 0 Å². The van der Waals surface area contributed by atoms with Crippen LogP contribution in [0.25, 0.3) is 0 Å². The van der Waals surface area contributed by atoms with Crippen molar-refractivity contribution in [1.82, 2.24) is 0 Å². The Hall–Kier alpha value is -1.89. The lowest BCUT2D eigenvalue weighted by molar-refractivity contribution is 0.103. The van der Waals surface area contributed by atoms with E-state index in [0.29, 0.717) is 11.1 Å². The van der Waals surface area contributed by atoms with Crippen LogP contribution in [0.3, 0.4) is 0 Å². The molecule has 0 amide bonds. The largest absolute Gasteiger partial charge is 0.289 e. The molecule has 0 spiro atoms. The lowest BCUT2D eigenvalue weighted by Gasteiger charge is -2.04. The third-order valence-electron chi connectivity index (χ3n) is 2.02. The predicted octanol–water partition coefficient (Wildman–Crippen LogP) is 4.58. The van der Waals surface area contributed by atoms with Crippen LogP contribution in [0.1, 0.15) is 31.1 Å². The molecule has 0 radical (unpaired) electrons. The molecule has 1 rings (SSSR count). The second-order valence-corrected chi connectivity index (χ2v) is 3.29. The van der Waals surface area contributed by atoms with Crippen molar-refractivity contribution < 1.29 is 4.79 Å². The van der Waals surface area contributed by atoms with Crippen molar-refractivity contribution in [2.45, 2.75) is 20.8 Å². The van der Waals surface area contributed by atoms with E-state index in [1.807, 2.05) is 39.0 Å². The lowest BCUT2D eigenvalue weighted by atomic mass is 9.98. The maximum absolute atomic E-state index is 12.0. The van der Waals surface area contributed by atoms with Crippen LogP contribution in [0.15, 0.2) is 66.8 Å². The van der Waals surface area contributed by atoms with E-state index in [2.05, 4.69) is 13.2 Å². The maximum atomic E-state index is 12.0. The van der Waals surface area contributed by atoms with Gasteiger partial charge >= 0.3 is 0 Å². The monoisotopic (exact) mass is 228 g/mol. The van der Waals surface area contributed by atoms with E-state index in [9.17, 15) is 4.79 Å². The Morgan fingerprint density at radius 3 is 2.12 bits per heavy atom. The summed E-state index contributed by atoms with van der Waals surface area (Å²) in [5, 5.41) is 0. The van der Waals surface area contributed by atoms with Crippen LogP contribution in [0.4, 0.5) is 0 Å². The average Bonchev–Trinajstić information content (AvgIpc) is 2.38. The van der Waals surface area contributed by atoms with E-state index in [-0.39, 0.29) is 5.78 Å². The van der Waals surface area contributed by atoms with E-state index in [0.717, 1.165) is 5.57 Å². The Bertz CT molecular complexity index is 410. The third kappa shape index (κ3) is 4.64. The number of Topliss-reactive ketones (excluding diaryl/α,β-unsaturated/α-hetero) is 1. The molecule has 0 saturated carbocycles. The first-order chi connectivity index (χ1) is 8.16. The number of ketones is 1. The number of hydrogen-bond acceptors (Lipinski definition) is 1. The van der Waals surface area contributed by atoms with E-state index in [1.165, 1.54) is 0 Å². The van der Waals surface area contributed by atoms with Crippen molar-refractivity contribution in [2.24, 2.45) is 0 Å². The molecule has 1 aromatic rings. The van der Waals surface area contributed by atoms with Gasteiger partial charge in [0.05, 0.1) is 0 Å². The first-order valence-corrected chi connectivity index (χ1v) is 5.75. The molecule has 17 heavy (non-hydrogen) atoms. The van der Waals surface area contributed by atoms with Gasteiger partial charge in [-0.25, -0.2) is 0 Å². The van der Waals surface area contributed by atoms with Crippen LogP contribution < -0.4 is 0 Å². The highest BCUT2D eigenvalue weighted by atomic mass is 16.1. The predicted molar refractivity (Wildman–Crippen MR) is 75.2 cm³/mol. The molecule has 0 aliphatic rings. The van der Waals surface area contributed by atoms with Gasteiger partial charge in [0.15, 0.2) is 5.78 Å². The zero-order valence-corrected chi connectivity index (χ0v) is 10.9. The van der Waals surface area contributed by atoms with Gasteiger partial charge in [0.1, 0.15) is 0 Å². The first kappa shape index (κ1) is 15.1. The second-order valence-electron chi connectivity index (χ2n) is 3.29. The fraction of sp³-hybridized carbons (Fsp3) is 0.188. The van der Waals surface area contributed by atoms with Crippen LogP contribution in [-0.4, -0.2) is 5.78 Å². The van der Waals surface area contributed by atoms with Gasteiger partial charge in [-0.3, -0.25) is 4.79 Å². The van der Waals surface area contributed by atoms with Gasteiger partial charge in [-0.2, -0.15) is 0 Å². The van der Waals surface area contributed by atoms with Crippen molar-refractivity contribution in [3.63, 3.8) is 0 Å². The lowest BCUT2D eigenvalue weighted by Crippen LogP contribution is -2.03. The van der Waals surface area contributed by atoms with Crippen molar-refractivity contribution in [3.05, 3.63) is 72.4 Å². The summed E-state index contributed by atoms with van der Waals surface area (Å²) in [7, 11) is 0. The van der Waals surface area contributed by atoms with E-state index < -0.39 is 0 Å². The Labute approximate surface area is 104 Å². The SMILES string of the molecule is C=C/C=C(\C(=C)C)C(=O)c1ccccc1.CC. The minimum Gasteiger partial charge on any atom is -0.289 e. The van der Waals surface area contributed by atoms with Gasteiger partial charge < -0.3 is 0 Å². The van der Waals surface area contributed by atoms with Gasteiger partial charge in [0, 0.05) is 11.1 Å². The zero-order valence-electron chi connectivity index (χ0n) is 10.9. The van der Waals surface area contributed by atoms with E-state index >= 15 is 0 Å². The van der Waals surface area contributed by atoms with Gasteiger partial charge in [-0.05, 0) is 12.5 Å². The molecule has 0 unspecified atom stereocenters. The minimum atomic E-state index is -0.0111. The summed E-state index contributed by atoms with van der Waals surface area (Å²) in [6, 6.07) is 9.16. The Morgan fingerprint density at radius 1 is 1.18 bits per heavy atom. The summed E-state index contributed by atoms with van der Waals surface area (Å²) >= 11 is 0. The Morgan fingerprint density at radius 2 is 1.71 bits per heavy atom. The fourth-order valence-electron chi connectivity index (χ4n) is 1.27. The summed E-state index contributed by atoms with van der Waals surface area (Å²) < 4.78 is 0. The summed E-state index contributed by atoms with van der Waals surface area (Å²) in [5.74, 6) is -0.0111. The highest BCUT2D eigenvalue weighted by Gasteiger charge is 2.11. The molecule has 0 heterocycles. The van der Waals surface area contributed by atoms with Crippen molar-refractivity contribution in [1.29, 1.82) is 0 Å². The molecule has 0 N–H and O–H groups in total. The first-order valence-electron chi connectivity index (χ1n) is 5.75. The summed E-state index contributed by atoms with van der Waals surface area (Å²) in [6.45, 7) is 13.2. The molecule has 0 aliphatic carbocycles. The highest BCUT2D eigenvalue weighted by molar-refractivity contribution is 6.11. The quantitative estimate of drug-likeness (QED) is 0.418. The topological polar surface area (TPSA) is 17.1 Å². The molecule has 0 bridgehead atoms. The van der Waals surface area contributed by atoms with Crippen molar-refractivity contribution >= 4 is 5.78 Å². The molecular weight excluding hydrogens is 208 g/mol. The third-order valence-corrected chi connectivity index (χ3v) is 2.02. The van der Waals surface area contributed by atoms with Gasteiger partial charge in [-0.15, -0.1) is 0 Å². The number of carbonyl (C=O) groups is 1. The van der Waals surface area contributed by atoms with Crippen LogP contribution in [0.5, 0.6) is 0 Å². The molecule has 1 heteroatoms. The van der Waals surface area contributed by atoms with Gasteiger partial charge in [-0.1, -0.05) is 69.5 Å². The molecule has 0 fully saturated rings. The zero-order chi connectivity index (χ0) is 13.3. The van der Waals surface area contributed by atoms with Crippen molar-refractivity contribution in [3.8, 4) is 0 Å². The number of carbonyl (C=O) groups excluding carboxylic acids is 1. The molecule has 1 aromatic carbocycles. The Balaban J connectivity index is 0.00000121. The van der Waals surface area contributed by atoms with Gasteiger partial charge in [0.25, 0.3) is 0 Å². The minimum absolute atomic E-state index is 0.0111. The van der Waals surface area contributed by atoms with E-state index in [4.69, 9.17) is 0 Å². The number of benzene rings is 1. The highest BCUT2D eigenvalue weighted by Crippen LogP contribution is 2.14. The van der Waals surface area contributed by atoms with Crippen LogP contribution in [0, 0.1) is 0 Å². The maximum Gasteiger partial charge on any atom is 0.193 e. The smallest absolute Gasteiger partial charge is 0.193 e. The standard InChI is InChI=1S/C14H14O.C2H6/c1-4-8-13(11(2)3)14(15)12-9-6-5-7-10-12;1-2/h4-10H,1-2H2,3H3;1-2H3/b13-8+;. The Kier molecular flexibility index (Phi) is 7.36. The normalized spacial score (nSPS) is 9.94. The summed E-state index contributed by atoms with van der Waals surface area (Å²) in [6.07, 6.45) is 3.29. The summed E-state index contributed by atoms with van der Waals surface area (Å²) in [4.78, 5) is 12.0. The van der Waals surface area contributed by atoms with Crippen molar-refractivity contribution in [2.75, 3.05) is 0 Å². The molecule has 0 aliphatic heterocycles. The second kappa shape index (κ2) is 8.28. The molecule has 0 saturated heterocycles. The molecule has 0 atom stereocenters. The van der Waals surface area contributed by atoms with E-state index in [1.54, 1.807) is 24.3 Å². The molecule has 90 valence electrons. The van der Waals surface area contributed by atoms with Crippen LogP contribution >= 0.6 is 0 Å². The van der Waals surface area contributed by atoms with Crippen LogP contribution in [0.2, 0.25) is 0 Å². The molecule has 0 aromatic heterocycles. The number of allylic oxidation sites excluding steroid dienone is 4. The average molecular weight is 228 g/mol. The number of rotatable bonds is 4. The van der Waals surface area contributed by atoms with Gasteiger partial charge in [0.2, 0.25) is 0 Å². The summed E-state index contributed by atoms with van der Waals surface area (Å²) in [5.41, 5.74) is 2.04. The number of hydrogen-bond donors (Lipinski definition) is 0.